The van der Waals surface area contributed by atoms with E-state index in [1.807, 2.05) is 0 Å². The molecule has 0 N–H and O–H groups in total. The first-order valence-corrected chi connectivity index (χ1v) is 12.1. The lowest BCUT2D eigenvalue weighted by atomic mass is 10.0. The van der Waals surface area contributed by atoms with Crippen LogP contribution in [0, 0.1) is 23.0 Å². The molecule has 11 heteroatoms. The molecule has 7 nitrogen and oxygen atoms in total. The SMILES string of the molecule is C=CC(=O)N1CCN(c2nc(=O)n3c4c(c(-c5ccc(F)cc5F)c(Cl)cc24)SCC3)[C@@H](C#N)C1. The number of carbonyl (C=O) groups excluding carboxylic acids is 1. The number of aromatic nitrogens is 2. The van der Waals surface area contributed by atoms with Crippen molar-refractivity contribution in [2.24, 2.45) is 0 Å². The van der Waals surface area contributed by atoms with E-state index in [1.54, 1.807) is 11.0 Å². The summed E-state index contributed by atoms with van der Waals surface area (Å²) in [5.74, 6) is -0.910. The van der Waals surface area contributed by atoms with E-state index < -0.39 is 23.4 Å². The van der Waals surface area contributed by atoms with Gasteiger partial charge in [0.25, 0.3) is 0 Å². The molecule has 0 spiro atoms. The van der Waals surface area contributed by atoms with Gasteiger partial charge in [-0.3, -0.25) is 9.36 Å². The number of carbonyl (C=O) groups is 1. The van der Waals surface area contributed by atoms with Gasteiger partial charge in [0.1, 0.15) is 23.5 Å². The minimum atomic E-state index is -0.760. The van der Waals surface area contributed by atoms with Crippen molar-refractivity contribution < 1.29 is 13.6 Å². The van der Waals surface area contributed by atoms with Crippen LogP contribution in [0.3, 0.4) is 0 Å². The van der Waals surface area contributed by atoms with Crippen LogP contribution < -0.4 is 10.6 Å². The predicted octanol–water partition coefficient (Wildman–Crippen LogP) is 3.83. The van der Waals surface area contributed by atoms with Gasteiger partial charge >= 0.3 is 5.69 Å². The summed E-state index contributed by atoms with van der Waals surface area (Å²) in [5, 5.41) is 10.6. The molecular weight excluding hydrogens is 496 g/mol. The number of benzene rings is 2. The first kappa shape index (κ1) is 23.3. The molecule has 0 bridgehead atoms. The summed E-state index contributed by atoms with van der Waals surface area (Å²) in [6.45, 7) is 4.62. The molecule has 1 saturated heterocycles. The Bertz CT molecular complexity index is 1500. The van der Waals surface area contributed by atoms with E-state index in [0.717, 1.165) is 12.1 Å². The highest BCUT2D eigenvalue weighted by Gasteiger charge is 2.33. The minimum Gasteiger partial charge on any atom is -0.336 e. The van der Waals surface area contributed by atoms with Gasteiger partial charge in [0.15, 0.2) is 0 Å². The van der Waals surface area contributed by atoms with Gasteiger partial charge < -0.3 is 9.80 Å². The highest BCUT2D eigenvalue weighted by molar-refractivity contribution is 7.99. The number of rotatable bonds is 3. The monoisotopic (exact) mass is 513 g/mol. The van der Waals surface area contributed by atoms with Gasteiger partial charge in [0.2, 0.25) is 5.91 Å². The molecule has 35 heavy (non-hydrogen) atoms. The number of amides is 1. The third kappa shape index (κ3) is 3.85. The number of hydrogen-bond acceptors (Lipinski definition) is 6. The largest absolute Gasteiger partial charge is 0.350 e. The molecule has 178 valence electrons. The smallest absolute Gasteiger partial charge is 0.336 e. The van der Waals surface area contributed by atoms with Crippen LogP contribution in [0.4, 0.5) is 14.6 Å². The normalized spacial score (nSPS) is 17.4. The fourth-order valence-electron chi connectivity index (χ4n) is 4.59. The van der Waals surface area contributed by atoms with Gasteiger partial charge in [0, 0.05) is 52.9 Å². The summed E-state index contributed by atoms with van der Waals surface area (Å²) >= 11 is 8.11. The number of hydrogen-bond donors (Lipinski definition) is 0. The van der Waals surface area contributed by atoms with Gasteiger partial charge in [-0.2, -0.15) is 10.2 Å². The molecule has 2 aliphatic heterocycles. The Morgan fingerprint density at radius 1 is 1.29 bits per heavy atom. The summed E-state index contributed by atoms with van der Waals surface area (Å²) in [7, 11) is 0. The van der Waals surface area contributed by atoms with Crippen molar-refractivity contribution in [2.75, 3.05) is 30.3 Å². The highest BCUT2D eigenvalue weighted by atomic mass is 35.5. The molecule has 0 unspecified atom stereocenters. The Balaban J connectivity index is 1.73. The molecule has 1 atom stereocenters. The van der Waals surface area contributed by atoms with Gasteiger partial charge in [-0.05, 0) is 24.3 Å². The van der Waals surface area contributed by atoms with E-state index >= 15 is 0 Å². The second kappa shape index (κ2) is 8.98. The van der Waals surface area contributed by atoms with Crippen LogP contribution in [0.2, 0.25) is 5.02 Å². The van der Waals surface area contributed by atoms with E-state index in [0.29, 0.717) is 40.2 Å². The maximum absolute atomic E-state index is 14.8. The van der Waals surface area contributed by atoms with E-state index in [9.17, 15) is 23.6 Å². The molecular formula is C24H18ClF2N5O2S. The number of piperazine rings is 1. The maximum Gasteiger partial charge on any atom is 0.350 e. The maximum atomic E-state index is 14.8. The number of anilines is 1. The van der Waals surface area contributed by atoms with Crippen LogP contribution in [-0.4, -0.2) is 51.8 Å². The number of halogens is 3. The molecule has 1 fully saturated rings. The first-order valence-electron chi connectivity index (χ1n) is 10.8. The fourth-order valence-corrected chi connectivity index (χ4v) is 6.15. The van der Waals surface area contributed by atoms with Crippen LogP contribution in [0.1, 0.15) is 0 Å². The quantitative estimate of drug-likeness (QED) is 0.495. The van der Waals surface area contributed by atoms with Crippen LogP contribution in [-0.2, 0) is 11.3 Å². The lowest BCUT2D eigenvalue weighted by Crippen LogP contribution is -2.54. The topological polar surface area (TPSA) is 82.2 Å². The number of nitrogens with zero attached hydrogens (tertiary/aromatic N) is 5. The molecule has 3 heterocycles. The molecule has 2 aliphatic rings. The molecule has 1 aromatic heterocycles. The van der Waals surface area contributed by atoms with Crippen molar-refractivity contribution in [1.29, 1.82) is 5.26 Å². The highest BCUT2D eigenvalue weighted by Crippen LogP contribution is 2.46. The Hall–Kier alpha value is -3.42. The van der Waals surface area contributed by atoms with Crippen LogP contribution in [0.5, 0.6) is 0 Å². The van der Waals surface area contributed by atoms with E-state index in [-0.39, 0.29) is 35.4 Å². The van der Waals surface area contributed by atoms with E-state index in [2.05, 4.69) is 17.6 Å². The summed E-state index contributed by atoms with van der Waals surface area (Å²) in [6, 6.07) is 6.34. The van der Waals surface area contributed by atoms with Crippen LogP contribution in [0.25, 0.3) is 22.0 Å². The van der Waals surface area contributed by atoms with Crippen molar-refractivity contribution in [1.82, 2.24) is 14.5 Å². The third-order valence-electron chi connectivity index (χ3n) is 6.20. The molecule has 1 amide bonds. The average Bonchev–Trinajstić information content (AvgIpc) is 2.86. The van der Waals surface area contributed by atoms with Crippen molar-refractivity contribution in [3.05, 3.63) is 64.1 Å². The zero-order valence-corrected chi connectivity index (χ0v) is 19.9. The van der Waals surface area contributed by atoms with Gasteiger partial charge in [0.05, 0.1) is 23.2 Å². The molecule has 5 rings (SSSR count). The summed E-state index contributed by atoms with van der Waals surface area (Å²) in [6.07, 6.45) is 1.20. The molecule has 2 aromatic carbocycles. The standard InChI is InChI=1S/C24H18ClF2N5O2S/c1-2-19(33)30-5-6-31(14(11-28)12-30)23-16-10-17(25)20(15-4-3-13(26)9-18(15)27)22-21(16)32(7-8-35-22)24(34)29-23/h2-4,9-10,14H,1,5-8,12H2/t14-/m0/s1. The zero-order valence-electron chi connectivity index (χ0n) is 18.3. The van der Waals surface area contributed by atoms with Gasteiger partial charge in [-0.1, -0.05) is 18.2 Å². The Morgan fingerprint density at radius 2 is 2.09 bits per heavy atom. The number of nitriles is 1. The Kier molecular flexibility index (Phi) is 5.99. The van der Waals surface area contributed by atoms with Crippen molar-refractivity contribution in [3.8, 4) is 17.2 Å². The minimum absolute atomic E-state index is 0.127. The number of aryl methyl sites for hydroxylation is 1. The molecule has 0 saturated carbocycles. The van der Waals surface area contributed by atoms with E-state index in [4.69, 9.17) is 11.6 Å². The van der Waals surface area contributed by atoms with Crippen molar-refractivity contribution in [3.63, 3.8) is 0 Å². The number of thioether (sulfide) groups is 1. The second-order valence-corrected chi connectivity index (χ2v) is 9.64. The summed E-state index contributed by atoms with van der Waals surface area (Å²) < 4.78 is 29.8. The summed E-state index contributed by atoms with van der Waals surface area (Å²) in [5.41, 5.74) is 0.556. The lowest BCUT2D eigenvalue weighted by molar-refractivity contribution is -0.126. The second-order valence-electron chi connectivity index (χ2n) is 8.13. The van der Waals surface area contributed by atoms with Crippen LogP contribution >= 0.6 is 23.4 Å². The molecule has 3 aromatic rings. The molecule has 0 radical (unpaired) electrons. The fraction of sp³-hybridized carbons (Fsp3) is 0.250. The predicted molar refractivity (Wildman–Crippen MR) is 131 cm³/mol. The third-order valence-corrected chi connectivity index (χ3v) is 7.57. The Labute approximate surface area is 208 Å². The average molecular weight is 514 g/mol. The molecule has 0 aliphatic carbocycles. The van der Waals surface area contributed by atoms with Crippen molar-refractivity contribution in [2.45, 2.75) is 17.5 Å². The zero-order chi connectivity index (χ0) is 24.9. The van der Waals surface area contributed by atoms with Gasteiger partial charge in [-0.25, -0.2) is 13.6 Å². The van der Waals surface area contributed by atoms with Gasteiger partial charge in [-0.15, -0.1) is 11.8 Å². The van der Waals surface area contributed by atoms with Crippen LogP contribution in [0.15, 0.2) is 46.6 Å². The lowest BCUT2D eigenvalue weighted by Gasteiger charge is -2.39. The Morgan fingerprint density at radius 3 is 2.80 bits per heavy atom. The van der Waals surface area contributed by atoms with Crippen molar-refractivity contribution >= 4 is 46.0 Å². The summed E-state index contributed by atoms with van der Waals surface area (Å²) in [4.78, 5) is 33.3. The first-order chi connectivity index (χ1) is 16.8. The van der Waals surface area contributed by atoms with E-state index in [1.165, 1.54) is 33.4 Å².